The SMILES string of the molecule is CC(C)(O)CNC(=O)Nc1ccc(CC(F)(F)F)cc1. The minimum atomic E-state index is -4.25. The first-order chi connectivity index (χ1) is 9.05. The summed E-state index contributed by atoms with van der Waals surface area (Å²) < 4.78 is 36.5. The van der Waals surface area contributed by atoms with Crippen LogP contribution in [0.15, 0.2) is 24.3 Å². The van der Waals surface area contributed by atoms with E-state index in [2.05, 4.69) is 10.6 Å². The summed E-state index contributed by atoms with van der Waals surface area (Å²) in [6.45, 7) is 3.14. The highest BCUT2D eigenvalue weighted by Gasteiger charge is 2.27. The molecule has 0 radical (unpaired) electrons. The van der Waals surface area contributed by atoms with Gasteiger partial charge in [-0.05, 0) is 31.5 Å². The molecule has 2 amide bonds. The number of alkyl halides is 3. The van der Waals surface area contributed by atoms with E-state index in [0.29, 0.717) is 5.69 Å². The summed E-state index contributed by atoms with van der Waals surface area (Å²) in [6.07, 6.45) is -5.25. The standard InChI is InChI=1S/C13H17F3N2O2/c1-12(2,20)8-17-11(19)18-10-5-3-9(4-6-10)7-13(14,15)16/h3-6,20H,7-8H2,1-2H3,(H2,17,18,19). The van der Waals surface area contributed by atoms with E-state index in [4.69, 9.17) is 0 Å². The van der Waals surface area contributed by atoms with E-state index in [1.165, 1.54) is 24.3 Å². The molecule has 0 saturated heterocycles. The molecule has 0 spiro atoms. The number of carbonyl (C=O) groups excluding carboxylic acids is 1. The lowest BCUT2D eigenvalue weighted by molar-refractivity contribution is -0.127. The van der Waals surface area contributed by atoms with Crippen LogP contribution in [0.1, 0.15) is 19.4 Å². The lowest BCUT2D eigenvalue weighted by atomic mass is 10.1. The van der Waals surface area contributed by atoms with Gasteiger partial charge in [0, 0.05) is 12.2 Å². The number of hydrogen-bond acceptors (Lipinski definition) is 2. The molecule has 1 rings (SSSR count). The molecule has 0 aliphatic carbocycles. The molecule has 0 aromatic heterocycles. The summed E-state index contributed by atoms with van der Waals surface area (Å²) in [5.41, 5.74) is -0.530. The number of carbonyl (C=O) groups is 1. The lowest BCUT2D eigenvalue weighted by Gasteiger charge is -2.17. The molecule has 7 heteroatoms. The predicted molar refractivity (Wildman–Crippen MR) is 69.5 cm³/mol. The van der Waals surface area contributed by atoms with Gasteiger partial charge in [-0.3, -0.25) is 0 Å². The zero-order chi connectivity index (χ0) is 15.4. The average molecular weight is 290 g/mol. The van der Waals surface area contributed by atoms with Crippen LogP contribution in [0.2, 0.25) is 0 Å². The maximum absolute atomic E-state index is 12.2. The Balaban J connectivity index is 2.51. The maximum atomic E-state index is 12.2. The van der Waals surface area contributed by atoms with Crippen LogP contribution in [-0.4, -0.2) is 29.5 Å². The minimum absolute atomic E-state index is 0.0605. The quantitative estimate of drug-likeness (QED) is 0.798. The summed E-state index contributed by atoms with van der Waals surface area (Å²) in [4.78, 5) is 11.5. The van der Waals surface area contributed by atoms with Crippen molar-refractivity contribution in [1.82, 2.24) is 5.32 Å². The Kier molecular flexibility index (Phi) is 4.99. The highest BCUT2D eigenvalue weighted by atomic mass is 19.4. The van der Waals surface area contributed by atoms with Crippen molar-refractivity contribution in [2.24, 2.45) is 0 Å². The van der Waals surface area contributed by atoms with Gasteiger partial charge >= 0.3 is 12.2 Å². The third-order valence-corrected chi connectivity index (χ3v) is 2.30. The molecule has 4 nitrogen and oxygen atoms in total. The van der Waals surface area contributed by atoms with Crippen LogP contribution in [0, 0.1) is 0 Å². The van der Waals surface area contributed by atoms with Crippen LogP contribution < -0.4 is 10.6 Å². The first kappa shape index (κ1) is 16.3. The number of anilines is 1. The van der Waals surface area contributed by atoms with Gasteiger partial charge in [-0.25, -0.2) is 4.79 Å². The molecule has 20 heavy (non-hydrogen) atoms. The number of amides is 2. The molecule has 0 heterocycles. The molecule has 0 unspecified atom stereocenters. The second-order valence-electron chi connectivity index (χ2n) is 5.11. The number of nitrogens with one attached hydrogen (secondary N) is 2. The van der Waals surface area contributed by atoms with Crippen LogP contribution in [0.4, 0.5) is 23.7 Å². The van der Waals surface area contributed by atoms with E-state index in [0.717, 1.165) is 0 Å². The molecular weight excluding hydrogens is 273 g/mol. The van der Waals surface area contributed by atoms with Gasteiger partial charge in [-0.15, -0.1) is 0 Å². The van der Waals surface area contributed by atoms with Crippen molar-refractivity contribution in [2.45, 2.75) is 32.0 Å². The van der Waals surface area contributed by atoms with E-state index in [-0.39, 0.29) is 12.1 Å². The monoisotopic (exact) mass is 290 g/mol. The topological polar surface area (TPSA) is 61.4 Å². The Morgan fingerprint density at radius 2 is 1.75 bits per heavy atom. The van der Waals surface area contributed by atoms with Crippen molar-refractivity contribution in [2.75, 3.05) is 11.9 Å². The molecule has 0 atom stereocenters. The van der Waals surface area contributed by atoms with Crippen LogP contribution in [0.25, 0.3) is 0 Å². The summed E-state index contributed by atoms with van der Waals surface area (Å²) >= 11 is 0. The number of benzene rings is 1. The Bertz CT molecular complexity index is 450. The van der Waals surface area contributed by atoms with Gasteiger partial charge in [0.15, 0.2) is 0 Å². The van der Waals surface area contributed by atoms with Gasteiger partial charge in [-0.2, -0.15) is 13.2 Å². The number of rotatable bonds is 4. The van der Waals surface area contributed by atoms with Crippen molar-refractivity contribution in [3.05, 3.63) is 29.8 Å². The Hall–Kier alpha value is -1.76. The molecule has 1 aromatic rings. The summed E-state index contributed by atoms with van der Waals surface area (Å²) in [7, 11) is 0. The molecule has 0 fully saturated rings. The molecule has 112 valence electrons. The van der Waals surface area contributed by atoms with E-state index in [1.54, 1.807) is 13.8 Å². The largest absolute Gasteiger partial charge is 0.393 e. The van der Waals surface area contributed by atoms with Gasteiger partial charge in [-0.1, -0.05) is 12.1 Å². The van der Waals surface area contributed by atoms with E-state index in [1.807, 2.05) is 0 Å². The molecule has 1 aromatic carbocycles. The highest BCUT2D eigenvalue weighted by molar-refractivity contribution is 5.89. The minimum Gasteiger partial charge on any atom is -0.389 e. The number of halogens is 3. The van der Waals surface area contributed by atoms with Crippen LogP contribution in [0.5, 0.6) is 0 Å². The van der Waals surface area contributed by atoms with Crippen LogP contribution in [-0.2, 0) is 6.42 Å². The first-order valence-corrected chi connectivity index (χ1v) is 5.98. The van der Waals surface area contributed by atoms with Crippen molar-refractivity contribution in [1.29, 1.82) is 0 Å². The fourth-order valence-corrected chi connectivity index (χ4v) is 1.41. The number of urea groups is 1. The Labute approximate surface area is 115 Å². The third kappa shape index (κ3) is 6.98. The van der Waals surface area contributed by atoms with Crippen molar-refractivity contribution < 1.29 is 23.1 Å². The zero-order valence-electron chi connectivity index (χ0n) is 11.2. The summed E-state index contributed by atoms with van der Waals surface area (Å²) in [5.74, 6) is 0. The fourth-order valence-electron chi connectivity index (χ4n) is 1.41. The molecular formula is C13H17F3N2O2. The van der Waals surface area contributed by atoms with E-state index >= 15 is 0 Å². The average Bonchev–Trinajstić information content (AvgIpc) is 2.26. The fraction of sp³-hybridized carbons (Fsp3) is 0.462. The second-order valence-corrected chi connectivity index (χ2v) is 5.11. The molecule has 0 saturated carbocycles. The van der Waals surface area contributed by atoms with Crippen molar-refractivity contribution in [3.8, 4) is 0 Å². The Morgan fingerprint density at radius 1 is 1.20 bits per heavy atom. The molecule has 3 N–H and O–H groups in total. The Morgan fingerprint density at radius 3 is 2.20 bits per heavy atom. The molecule has 0 aliphatic rings. The van der Waals surface area contributed by atoms with E-state index in [9.17, 15) is 23.1 Å². The molecule has 0 bridgehead atoms. The third-order valence-electron chi connectivity index (χ3n) is 2.30. The number of hydrogen-bond donors (Lipinski definition) is 3. The van der Waals surface area contributed by atoms with Gasteiger partial charge in [0.1, 0.15) is 0 Å². The second kappa shape index (κ2) is 6.13. The van der Waals surface area contributed by atoms with Crippen molar-refractivity contribution in [3.63, 3.8) is 0 Å². The predicted octanol–water partition coefficient (Wildman–Crippen LogP) is 2.68. The van der Waals surface area contributed by atoms with Crippen molar-refractivity contribution >= 4 is 11.7 Å². The van der Waals surface area contributed by atoms with E-state index < -0.39 is 24.2 Å². The van der Waals surface area contributed by atoms with Gasteiger partial charge in [0.2, 0.25) is 0 Å². The highest BCUT2D eigenvalue weighted by Crippen LogP contribution is 2.22. The van der Waals surface area contributed by atoms with Gasteiger partial charge < -0.3 is 15.7 Å². The first-order valence-electron chi connectivity index (χ1n) is 5.98. The molecule has 0 aliphatic heterocycles. The lowest BCUT2D eigenvalue weighted by Crippen LogP contribution is -2.40. The van der Waals surface area contributed by atoms with Gasteiger partial charge in [0.25, 0.3) is 0 Å². The maximum Gasteiger partial charge on any atom is 0.393 e. The normalized spacial score (nSPS) is 12.1. The summed E-state index contributed by atoms with van der Waals surface area (Å²) in [5, 5.41) is 14.3. The van der Waals surface area contributed by atoms with Crippen LogP contribution in [0.3, 0.4) is 0 Å². The summed E-state index contributed by atoms with van der Waals surface area (Å²) in [6, 6.07) is 4.86. The van der Waals surface area contributed by atoms with Crippen LogP contribution >= 0.6 is 0 Å². The number of aliphatic hydroxyl groups is 1. The van der Waals surface area contributed by atoms with Gasteiger partial charge in [0.05, 0.1) is 12.0 Å². The smallest absolute Gasteiger partial charge is 0.389 e. The zero-order valence-corrected chi connectivity index (χ0v) is 11.2.